The maximum atomic E-state index is 12.0. The van der Waals surface area contributed by atoms with E-state index in [-0.39, 0.29) is 29.6 Å². The molecule has 2 rings (SSSR count). The van der Waals surface area contributed by atoms with E-state index in [0.29, 0.717) is 17.9 Å². The number of rotatable bonds is 5. The Morgan fingerprint density at radius 3 is 2.42 bits per heavy atom. The van der Waals surface area contributed by atoms with Crippen molar-refractivity contribution in [1.29, 1.82) is 0 Å². The van der Waals surface area contributed by atoms with Gasteiger partial charge in [0.2, 0.25) is 11.8 Å². The summed E-state index contributed by atoms with van der Waals surface area (Å²) in [4.78, 5) is 30.0. The number of piperidine rings is 1. The number of amides is 2. The van der Waals surface area contributed by atoms with Crippen molar-refractivity contribution in [3.05, 3.63) is 0 Å². The van der Waals surface area contributed by atoms with E-state index in [2.05, 4.69) is 36.3 Å². The van der Waals surface area contributed by atoms with Crippen LogP contribution in [0.25, 0.3) is 0 Å². The second-order valence-corrected chi connectivity index (χ2v) is 7.78. The minimum absolute atomic E-state index is 0.00201. The summed E-state index contributed by atoms with van der Waals surface area (Å²) in [6.45, 7) is 3.28. The molecule has 2 aliphatic rings. The van der Waals surface area contributed by atoms with Gasteiger partial charge in [0.05, 0.1) is 0 Å². The van der Waals surface area contributed by atoms with Crippen molar-refractivity contribution in [3.8, 4) is 0 Å². The first kappa shape index (κ1) is 19.8. The summed E-state index contributed by atoms with van der Waals surface area (Å²) in [5, 5.41) is 3.01. The lowest BCUT2D eigenvalue weighted by molar-refractivity contribution is -0.127. The van der Waals surface area contributed by atoms with Crippen molar-refractivity contribution in [3.63, 3.8) is 0 Å². The third kappa shape index (κ3) is 4.75. The number of alkyl halides is 2. The molecule has 0 aromatic carbocycles. The van der Waals surface area contributed by atoms with E-state index < -0.39 is 0 Å². The van der Waals surface area contributed by atoms with Gasteiger partial charge in [0.1, 0.15) is 11.8 Å². The van der Waals surface area contributed by atoms with E-state index in [1.807, 2.05) is 4.90 Å². The number of halogens is 2. The zero-order valence-electron chi connectivity index (χ0n) is 14.7. The molecule has 2 fully saturated rings. The molecule has 8 heteroatoms. The number of carbonyl (C=O) groups is 2. The second-order valence-electron chi connectivity index (χ2n) is 7.24. The molecular weight excluding hydrogens is 351 g/mol. The first-order chi connectivity index (χ1) is 11.3. The van der Waals surface area contributed by atoms with Crippen LogP contribution in [0.5, 0.6) is 0 Å². The van der Waals surface area contributed by atoms with Crippen molar-refractivity contribution in [2.45, 2.75) is 18.5 Å². The number of carbonyl (C=O) groups excluding carboxylic acids is 2. The highest BCUT2D eigenvalue weighted by Crippen LogP contribution is 2.33. The molecule has 1 N–H and O–H groups in total. The van der Waals surface area contributed by atoms with E-state index in [0.717, 1.165) is 32.6 Å². The molecule has 3 unspecified atom stereocenters. The van der Waals surface area contributed by atoms with Crippen molar-refractivity contribution >= 4 is 35.0 Å². The molecule has 0 aromatic rings. The fraction of sp³-hybridized carbons (Fsp3) is 0.875. The summed E-state index contributed by atoms with van der Waals surface area (Å²) in [7, 11) is 6.20. The van der Waals surface area contributed by atoms with Crippen LogP contribution in [0.3, 0.4) is 0 Å². The number of nitrogens with zero attached hydrogens (tertiary/aromatic N) is 3. The molecule has 138 valence electrons. The molecule has 24 heavy (non-hydrogen) atoms. The van der Waals surface area contributed by atoms with Gasteiger partial charge < -0.3 is 20.0 Å². The van der Waals surface area contributed by atoms with Gasteiger partial charge in [-0.2, -0.15) is 0 Å². The van der Waals surface area contributed by atoms with Gasteiger partial charge in [0, 0.05) is 38.3 Å². The van der Waals surface area contributed by atoms with Crippen LogP contribution in [-0.4, -0.2) is 97.7 Å². The van der Waals surface area contributed by atoms with Gasteiger partial charge in [0.25, 0.3) is 0 Å². The largest absolute Gasteiger partial charge is 0.351 e. The SMILES string of the molecule is CN1CC(C2CN(C(=O)CCl)CC2N(C)C)C[C@@H](NC(=O)CCl)C1. The number of likely N-dealkylation sites (N-methyl/N-ethyl adjacent to an activating group) is 2. The molecule has 0 aromatic heterocycles. The average Bonchev–Trinajstić information content (AvgIpc) is 2.99. The lowest BCUT2D eigenvalue weighted by Gasteiger charge is -2.41. The zero-order valence-corrected chi connectivity index (χ0v) is 16.2. The molecule has 2 amide bonds. The molecule has 0 radical (unpaired) electrons. The minimum atomic E-state index is -0.120. The molecular formula is C16H28Cl2N4O2. The van der Waals surface area contributed by atoms with Gasteiger partial charge in [-0.25, -0.2) is 0 Å². The Labute approximate surface area is 154 Å². The average molecular weight is 379 g/mol. The van der Waals surface area contributed by atoms with Crippen LogP contribution < -0.4 is 5.32 Å². The van der Waals surface area contributed by atoms with Gasteiger partial charge in [-0.15, -0.1) is 23.2 Å². The first-order valence-electron chi connectivity index (χ1n) is 8.39. The smallest absolute Gasteiger partial charge is 0.237 e. The van der Waals surface area contributed by atoms with Gasteiger partial charge in [-0.1, -0.05) is 0 Å². The lowest BCUT2D eigenvalue weighted by atomic mass is 9.80. The molecule has 2 aliphatic heterocycles. The standard InChI is InChI=1S/C16H28Cl2N4O2/c1-20(2)14-10-22(16(24)6-18)9-13(14)11-4-12(8-21(3)7-11)19-15(23)5-17/h11-14H,4-10H2,1-3H3,(H,19,23)/t11?,12-,13?,14?/m1/s1. The van der Waals surface area contributed by atoms with E-state index in [9.17, 15) is 9.59 Å². The van der Waals surface area contributed by atoms with Crippen LogP contribution in [0.1, 0.15) is 6.42 Å². The summed E-state index contributed by atoms with van der Waals surface area (Å²) >= 11 is 11.4. The van der Waals surface area contributed by atoms with Gasteiger partial charge in [-0.05, 0) is 39.4 Å². The summed E-state index contributed by atoms with van der Waals surface area (Å²) in [5.74, 6) is 0.709. The molecule has 0 bridgehead atoms. The zero-order chi connectivity index (χ0) is 17.9. The molecule has 0 saturated carbocycles. The fourth-order valence-electron chi connectivity index (χ4n) is 4.16. The normalized spacial score (nSPS) is 31.5. The Bertz CT molecular complexity index is 463. The fourth-order valence-corrected chi connectivity index (χ4v) is 4.40. The van der Waals surface area contributed by atoms with Crippen LogP contribution in [0.2, 0.25) is 0 Å². The summed E-state index contributed by atoms with van der Waals surface area (Å²) in [6.07, 6.45) is 0.922. The van der Waals surface area contributed by atoms with Crippen LogP contribution in [0.4, 0.5) is 0 Å². The third-order valence-electron chi connectivity index (χ3n) is 5.22. The summed E-state index contributed by atoms with van der Waals surface area (Å²) in [5.41, 5.74) is 0. The number of likely N-dealkylation sites (tertiary alicyclic amines) is 2. The maximum absolute atomic E-state index is 12.0. The van der Waals surface area contributed by atoms with Crippen molar-refractivity contribution in [2.75, 3.05) is 59.1 Å². The van der Waals surface area contributed by atoms with E-state index in [1.54, 1.807) is 0 Å². The topological polar surface area (TPSA) is 55.9 Å². The van der Waals surface area contributed by atoms with Crippen LogP contribution >= 0.6 is 23.2 Å². The molecule has 6 nitrogen and oxygen atoms in total. The van der Waals surface area contributed by atoms with Crippen LogP contribution in [-0.2, 0) is 9.59 Å². The highest BCUT2D eigenvalue weighted by Gasteiger charge is 2.42. The van der Waals surface area contributed by atoms with Gasteiger partial charge >= 0.3 is 0 Å². The highest BCUT2D eigenvalue weighted by molar-refractivity contribution is 6.27. The van der Waals surface area contributed by atoms with Crippen molar-refractivity contribution in [2.24, 2.45) is 11.8 Å². The van der Waals surface area contributed by atoms with E-state index >= 15 is 0 Å². The monoisotopic (exact) mass is 378 g/mol. The minimum Gasteiger partial charge on any atom is -0.351 e. The van der Waals surface area contributed by atoms with E-state index in [1.165, 1.54) is 0 Å². The predicted octanol–water partition coefficient (Wildman–Crippen LogP) is 0.289. The number of hydrogen-bond donors (Lipinski definition) is 1. The Balaban J connectivity index is 2.08. The Morgan fingerprint density at radius 1 is 1.12 bits per heavy atom. The Morgan fingerprint density at radius 2 is 1.83 bits per heavy atom. The van der Waals surface area contributed by atoms with Crippen molar-refractivity contribution in [1.82, 2.24) is 20.0 Å². The molecule has 2 heterocycles. The molecule has 0 spiro atoms. The number of hydrogen-bond acceptors (Lipinski definition) is 4. The second kappa shape index (κ2) is 8.70. The quantitative estimate of drug-likeness (QED) is 0.698. The van der Waals surface area contributed by atoms with E-state index in [4.69, 9.17) is 23.2 Å². The van der Waals surface area contributed by atoms with Crippen LogP contribution in [0, 0.1) is 11.8 Å². The molecule has 4 atom stereocenters. The lowest BCUT2D eigenvalue weighted by Crippen LogP contribution is -2.53. The maximum Gasteiger partial charge on any atom is 0.237 e. The van der Waals surface area contributed by atoms with Crippen LogP contribution in [0.15, 0.2) is 0 Å². The predicted molar refractivity (Wildman–Crippen MR) is 96.5 cm³/mol. The van der Waals surface area contributed by atoms with Gasteiger partial charge in [0.15, 0.2) is 0 Å². The number of nitrogens with one attached hydrogen (secondary N) is 1. The Kier molecular flexibility index (Phi) is 7.16. The van der Waals surface area contributed by atoms with Gasteiger partial charge in [-0.3, -0.25) is 9.59 Å². The molecule has 0 aliphatic carbocycles. The van der Waals surface area contributed by atoms with Crippen molar-refractivity contribution < 1.29 is 9.59 Å². The Hall–Kier alpha value is -0.560. The first-order valence-corrected chi connectivity index (χ1v) is 9.46. The molecule has 2 saturated heterocycles. The summed E-state index contributed by atoms with van der Waals surface area (Å²) < 4.78 is 0. The third-order valence-corrected chi connectivity index (χ3v) is 5.69. The highest BCUT2D eigenvalue weighted by atomic mass is 35.5. The summed E-state index contributed by atoms with van der Waals surface area (Å²) in [6, 6.07) is 0.429.